The smallest absolute Gasteiger partial charge is 0.253 e. The lowest BCUT2D eigenvalue weighted by atomic mass is 10.2. The van der Waals surface area contributed by atoms with Gasteiger partial charge >= 0.3 is 0 Å². The van der Waals surface area contributed by atoms with E-state index in [-0.39, 0.29) is 0 Å². The number of hydrogen-bond acceptors (Lipinski definition) is 1. The zero-order valence-electron chi connectivity index (χ0n) is 6.38. The molecule has 0 aliphatic rings. The predicted molar refractivity (Wildman–Crippen MR) is 44.9 cm³/mol. The van der Waals surface area contributed by atoms with Crippen LogP contribution in [0.25, 0.3) is 0 Å². The van der Waals surface area contributed by atoms with E-state index in [1.165, 1.54) is 0 Å². The van der Waals surface area contributed by atoms with Gasteiger partial charge in [-0.2, -0.15) is 0 Å². The second-order valence-electron chi connectivity index (χ2n) is 2.31. The normalized spacial score (nSPS) is 10.4. The molecule has 2 nitrogen and oxygen atoms in total. The van der Waals surface area contributed by atoms with Crippen LogP contribution in [0.5, 0.6) is 0 Å². The second kappa shape index (κ2) is 3.67. The van der Waals surface area contributed by atoms with Crippen LogP contribution in [0.2, 0.25) is 10.0 Å². The summed E-state index contributed by atoms with van der Waals surface area (Å²) in [6.45, 7) is 0. The molecule has 0 radical (unpaired) electrons. The third-order valence-electron chi connectivity index (χ3n) is 1.46. The maximum absolute atomic E-state index is 13.0. The molecule has 0 aromatic heterocycles. The van der Waals surface area contributed by atoms with Gasteiger partial charge in [-0.25, -0.2) is 13.2 Å². The van der Waals surface area contributed by atoms with E-state index in [1.54, 1.807) is 0 Å². The van der Waals surface area contributed by atoms with Gasteiger partial charge in [0.2, 0.25) is 0 Å². The largest absolute Gasteiger partial charge is 0.365 e. The summed E-state index contributed by atoms with van der Waals surface area (Å²) in [5.74, 6) is -6.05. The van der Waals surface area contributed by atoms with Gasteiger partial charge in [0.25, 0.3) is 5.91 Å². The highest BCUT2D eigenvalue weighted by atomic mass is 35.5. The Kier molecular flexibility index (Phi) is 2.92. The van der Waals surface area contributed by atoms with E-state index in [0.717, 1.165) is 0 Å². The first-order valence-corrected chi connectivity index (χ1v) is 3.94. The summed E-state index contributed by atoms with van der Waals surface area (Å²) in [5.41, 5.74) is 3.73. The van der Waals surface area contributed by atoms with Gasteiger partial charge in [0.05, 0.1) is 10.6 Å². The molecule has 2 N–H and O–H groups in total. The fraction of sp³-hybridized carbons (Fsp3) is 0. The molecule has 7 heteroatoms. The summed E-state index contributed by atoms with van der Waals surface area (Å²) in [7, 11) is 0. The first-order chi connectivity index (χ1) is 6.37. The Morgan fingerprint density at radius 2 is 1.43 bits per heavy atom. The average Bonchev–Trinajstić information content (AvgIpc) is 2.11. The molecular formula is C7H2Cl2F3NO. The highest BCUT2D eigenvalue weighted by Gasteiger charge is 2.25. The number of amides is 1. The number of carbonyl (C=O) groups is 1. The SMILES string of the molecule is NC(=O)c1c(F)c(Cl)c(F)c(F)c1Cl. The number of nitrogens with two attached hydrogens (primary N) is 1. The van der Waals surface area contributed by atoms with Gasteiger partial charge < -0.3 is 5.73 Å². The van der Waals surface area contributed by atoms with Crippen LogP contribution in [0.3, 0.4) is 0 Å². The minimum absolute atomic E-state index is 0.962. The number of rotatable bonds is 1. The van der Waals surface area contributed by atoms with E-state index in [2.05, 4.69) is 0 Å². The molecule has 1 aromatic carbocycles. The fourth-order valence-electron chi connectivity index (χ4n) is 0.821. The van der Waals surface area contributed by atoms with Gasteiger partial charge in [-0.05, 0) is 0 Å². The molecule has 76 valence electrons. The third-order valence-corrected chi connectivity index (χ3v) is 2.14. The molecule has 0 saturated carbocycles. The van der Waals surface area contributed by atoms with E-state index in [0.29, 0.717) is 0 Å². The number of hydrogen-bond donors (Lipinski definition) is 1. The number of primary amides is 1. The Bertz CT molecular complexity index is 393. The molecule has 0 unspecified atom stereocenters. The summed E-state index contributed by atoms with van der Waals surface area (Å²) in [4.78, 5) is 10.6. The minimum atomic E-state index is -1.65. The molecule has 14 heavy (non-hydrogen) atoms. The highest BCUT2D eigenvalue weighted by molar-refractivity contribution is 6.36. The van der Waals surface area contributed by atoms with E-state index in [4.69, 9.17) is 28.9 Å². The quantitative estimate of drug-likeness (QED) is 0.598. The Morgan fingerprint density at radius 1 is 1.00 bits per heavy atom. The van der Waals surface area contributed by atoms with Crippen LogP contribution in [0.1, 0.15) is 10.4 Å². The van der Waals surface area contributed by atoms with Crippen molar-refractivity contribution in [1.29, 1.82) is 0 Å². The molecule has 0 aliphatic carbocycles. The van der Waals surface area contributed by atoms with Crippen LogP contribution in [-0.4, -0.2) is 5.91 Å². The molecule has 0 aliphatic heterocycles. The summed E-state index contributed by atoms with van der Waals surface area (Å²) in [5, 5.41) is -2.17. The van der Waals surface area contributed by atoms with Crippen molar-refractivity contribution < 1.29 is 18.0 Å². The lowest BCUT2D eigenvalue weighted by Gasteiger charge is -2.05. The summed E-state index contributed by atoms with van der Waals surface area (Å²) in [6.07, 6.45) is 0. The van der Waals surface area contributed by atoms with Crippen molar-refractivity contribution in [3.8, 4) is 0 Å². The lowest BCUT2D eigenvalue weighted by Crippen LogP contribution is -2.16. The molecule has 0 atom stereocenters. The summed E-state index contributed by atoms with van der Waals surface area (Å²) >= 11 is 10.2. The van der Waals surface area contributed by atoms with E-state index in [1.807, 2.05) is 0 Å². The topological polar surface area (TPSA) is 43.1 Å². The van der Waals surface area contributed by atoms with Crippen molar-refractivity contribution in [3.05, 3.63) is 33.1 Å². The molecular weight excluding hydrogens is 242 g/mol. The molecule has 1 aromatic rings. The van der Waals surface area contributed by atoms with Gasteiger partial charge in [0.1, 0.15) is 5.02 Å². The van der Waals surface area contributed by atoms with E-state index >= 15 is 0 Å². The molecule has 0 spiro atoms. The maximum atomic E-state index is 13.0. The van der Waals surface area contributed by atoms with Crippen molar-refractivity contribution in [3.63, 3.8) is 0 Å². The Morgan fingerprint density at radius 3 is 1.86 bits per heavy atom. The molecule has 1 rings (SSSR count). The van der Waals surface area contributed by atoms with E-state index < -0.39 is 39.0 Å². The second-order valence-corrected chi connectivity index (χ2v) is 3.07. The Labute approximate surface area is 86.4 Å². The van der Waals surface area contributed by atoms with Crippen molar-refractivity contribution in [1.82, 2.24) is 0 Å². The van der Waals surface area contributed by atoms with Crippen LogP contribution >= 0.6 is 23.2 Å². The molecule has 0 saturated heterocycles. The average molecular weight is 244 g/mol. The Balaban J connectivity index is 3.68. The zero-order chi connectivity index (χ0) is 11.0. The van der Waals surface area contributed by atoms with Crippen LogP contribution in [0, 0.1) is 17.5 Å². The lowest BCUT2D eigenvalue weighted by molar-refractivity contribution is 0.0996. The highest BCUT2D eigenvalue weighted by Crippen LogP contribution is 2.31. The third kappa shape index (κ3) is 1.53. The monoisotopic (exact) mass is 243 g/mol. The van der Waals surface area contributed by atoms with Gasteiger partial charge in [-0.3, -0.25) is 4.79 Å². The van der Waals surface area contributed by atoms with Crippen LogP contribution in [0.4, 0.5) is 13.2 Å². The fourth-order valence-corrected chi connectivity index (χ4v) is 1.26. The number of benzene rings is 1. The van der Waals surface area contributed by atoms with Gasteiger partial charge in [0.15, 0.2) is 17.5 Å². The molecule has 0 fully saturated rings. The predicted octanol–water partition coefficient (Wildman–Crippen LogP) is 2.51. The number of halogens is 5. The van der Waals surface area contributed by atoms with Crippen LogP contribution in [0.15, 0.2) is 0 Å². The van der Waals surface area contributed by atoms with Crippen molar-refractivity contribution in [2.45, 2.75) is 0 Å². The maximum Gasteiger partial charge on any atom is 0.253 e. The molecule has 0 bridgehead atoms. The first-order valence-electron chi connectivity index (χ1n) is 3.19. The van der Waals surface area contributed by atoms with Crippen molar-refractivity contribution >= 4 is 29.1 Å². The number of carbonyl (C=O) groups excluding carboxylic acids is 1. The van der Waals surface area contributed by atoms with Crippen molar-refractivity contribution in [2.75, 3.05) is 0 Å². The summed E-state index contributed by atoms with van der Waals surface area (Å²) < 4.78 is 38.6. The first kappa shape index (κ1) is 11.1. The minimum Gasteiger partial charge on any atom is -0.365 e. The Hall–Kier alpha value is -0.940. The van der Waals surface area contributed by atoms with Gasteiger partial charge in [0, 0.05) is 0 Å². The van der Waals surface area contributed by atoms with Crippen molar-refractivity contribution in [2.24, 2.45) is 5.73 Å². The zero-order valence-corrected chi connectivity index (χ0v) is 7.89. The summed E-state index contributed by atoms with van der Waals surface area (Å²) in [6, 6.07) is 0. The van der Waals surface area contributed by atoms with Crippen LogP contribution < -0.4 is 5.73 Å². The van der Waals surface area contributed by atoms with Crippen LogP contribution in [-0.2, 0) is 0 Å². The molecule has 0 heterocycles. The standard InChI is InChI=1S/C7H2Cl2F3NO/c8-2-1(7(13)14)4(10)3(9)6(12)5(2)11/h(H2,13,14). The van der Waals surface area contributed by atoms with E-state index in [9.17, 15) is 18.0 Å². The molecule has 1 amide bonds. The van der Waals surface area contributed by atoms with Gasteiger partial charge in [-0.1, -0.05) is 23.2 Å². The van der Waals surface area contributed by atoms with Gasteiger partial charge in [-0.15, -0.1) is 0 Å².